The molecule has 0 bridgehead atoms. The summed E-state index contributed by atoms with van der Waals surface area (Å²) in [7, 11) is 0. The van der Waals surface area contributed by atoms with E-state index in [-0.39, 0.29) is 10.6 Å². The van der Waals surface area contributed by atoms with Gasteiger partial charge in [-0.1, -0.05) is 51.8 Å². The van der Waals surface area contributed by atoms with Crippen LogP contribution in [-0.4, -0.2) is 0 Å². The van der Waals surface area contributed by atoms with Crippen molar-refractivity contribution in [3.63, 3.8) is 0 Å². The van der Waals surface area contributed by atoms with Gasteiger partial charge in [0.05, 0.1) is 4.83 Å². The molecule has 3 aromatic rings. The van der Waals surface area contributed by atoms with E-state index in [1.807, 2.05) is 18.2 Å². The summed E-state index contributed by atoms with van der Waals surface area (Å²) in [5.74, 6) is -0.270. The zero-order valence-corrected chi connectivity index (χ0v) is 13.8. The van der Waals surface area contributed by atoms with Crippen LogP contribution in [0.1, 0.15) is 21.5 Å². The van der Waals surface area contributed by atoms with E-state index in [0.717, 1.165) is 5.56 Å². The lowest BCUT2D eigenvalue weighted by molar-refractivity contribution is 0.618. The average molecular weight is 370 g/mol. The number of rotatable bonds is 2. The van der Waals surface area contributed by atoms with Gasteiger partial charge in [0.25, 0.3) is 0 Å². The Hall–Kier alpha value is -0.900. The van der Waals surface area contributed by atoms with Gasteiger partial charge in [-0.05, 0) is 46.5 Å². The molecule has 1 heterocycles. The Balaban J connectivity index is 2.13. The van der Waals surface area contributed by atoms with E-state index in [2.05, 4.69) is 33.4 Å². The molecule has 0 N–H and O–H groups in total. The summed E-state index contributed by atoms with van der Waals surface area (Å²) < 4.78 is 14.8. The molecule has 0 radical (unpaired) electrons. The Bertz CT molecular complexity index is 781. The maximum Gasteiger partial charge on any atom is 0.127 e. The van der Waals surface area contributed by atoms with Crippen LogP contribution >= 0.6 is 38.9 Å². The van der Waals surface area contributed by atoms with Gasteiger partial charge in [0, 0.05) is 9.72 Å². The number of halogens is 3. The van der Waals surface area contributed by atoms with Crippen LogP contribution in [0.2, 0.25) is 5.02 Å². The summed E-state index contributed by atoms with van der Waals surface area (Å²) in [5.41, 5.74) is 2.67. The lowest BCUT2D eigenvalue weighted by atomic mass is 10.0. The standard InChI is InChI=1S/C16H11BrClFS/c1-9-6-11(13(18)7-14(9)19)16(17)12-8-20-15-5-3-2-4-10(12)15/h2-8,16H,1H3. The van der Waals surface area contributed by atoms with Gasteiger partial charge in [0.1, 0.15) is 5.82 Å². The molecule has 0 amide bonds. The van der Waals surface area contributed by atoms with Crippen LogP contribution in [0.3, 0.4) is 0 Å². The van der Waals surface area contributed by atoms with Crippen molar-refractivity contribution in [2.75, 3.05) is 0 Å². The number of hydrogen-bond donors (Lipinski definition) is 0. The zero-order valence-electron chi connectivity index (χ0n) is 10.7. The van der Waals surface area contributed by atoms with Gasteiger partial charge in [0.15, 0.2) is 0 Å². The molecule has 2 aromatic carbocycles. The Morgan fingerprint density at radius 3 is 2.75 bits per heavy atom. The molecule has 0 spiro atoms. The predicted molar refractivity (Wildman–Crippen MR) is 88.7 cm³/mol. The Morgan fingerprint density at radius 2 is 1.95 bits per heavy atom. The van der Waals surface area contributed by atoms with Crippen molar-refractivity contribution in [1.82, 2.24) is 0 Å². The van der Waals surface area contributed by atoms with Crippen LogP contribution in [0.15, 0.2) is 41.8 Å². The topological polar surface area (TPSA) is 0 Å². The summed E-state index contributed by atoms with van der Waals surface area (Å²) in [6.07, 6.45) is 0. The van der Waals surface area contributed by atoms with Gasteiger partial charge in [-0.25, -0.2) is 4.39 Å². The third-order valence-corrected chi connectivity index (χ3v) is 5.63. The molecule has 0 saturated carbocycles. The van der Waals surface area contributed by atoms with Crippen LogP contribution in [0, 0.1) is 12.7 Å². The highest BCUT2D eigenvalue weighted by Crippen LogP contribution is 2.41. The minimum atomic E-state index is -0.270. The number of hydrogen-bond acceptors (Lipinski definition) is 1. The molecule has 0 aliphatic carbocycles. The first kappa shape index (κ1) is 14.1. The second kappa shape index (κ2) is 5.47. The van der Waals surface area contributed by atoms with Crippen LogP contribution in [0.5, 0.6) is 0 Å². The fourth-order valence-electron chi connectivity index (χ4n) is 2.24. The monoisotopic (exact) mass is 368 g/mol. The fourth-order valence-corrected chi connectivity index (χ4v) is 4.55. The van der Waals surface area contributed by atoms with E-state index in [0.29, 0.717) is 10.6 Å². The second-order valence-electron chi connectivity index (χ2n) is 4.67. The van der Waals surface area contributed by atoms with Crippen LogP contribution in [-0.2, 0) is 0 Å². The summed E-state index contributed by atoms with van der Waals surface area (Å²) in [4.78, 5) is -0.0366. The first-order chi connectivity index (χ1) is 9.58. The maximum atomic E-state index is 13.5. The molecular weight excluding hydrogens is 359 g/mol. The second-order valence-corrected chi connectivity index (χ2v) is 6.91. The average Bonchev–Trinajstić information content (AvgIpc) is 2.86. The molecule has 0 aliphatic rings. The minimum Gasteiger partial charge on any atom is -0.207 e. The van der Waals surface area contributed by atoms with E-state index in [9.17, 15) is 4.39 Å². The first-order valence-electron chi connectivity index (χ1n) is 6.13. The van der Waals surface area contributed by atoms with Crippen LogP contribution < -0.4 is 0 Å². The SMILES string of the molecule is Cc1cc(C(Br)c2csc3ccccc23)c(Cl)cc1F. The molecule has 0 fully saturated rings. The van der Waals surface area contributed by atoms with E-state index in [4.69, 9.17) is 11.6 Å². The fraction of sp³-hybridized carbons (Fsp3) is 0.125. The van der Waals surface area contributed by atoms with E-state index in [1.54, 1.807) is 18.3 Å². The van der Waals surface area contributed by atoms with Gasteiger partial charge in [-0.3, -0.25) is 0 Å². The van der Waals surface area contributed by atoms with Gasteiger partial charge < -0.3 is 0 Å². The highest BCUT2D eigenvalue weighted by Gasteiger charge is 2.18. The van der Waals surface area contributed by atoms with Gasteiger partial charge in [-0.15, -0.1) is 11.3 Å². The number of thiophene rings is 1. The van der Waals surface area contributed by atoms with Crippen molar-refractivity contribution >= 4 is 49.0 Å². The molecule has 1 unspecified atom stereocenters. The molecule has 0 nitrogen and oxygen atoms in total. The third-order valence-electron chi connectivity index (χ3n) is 3.33. The number of alkyl halides is 1. The van der Waals surface area contributed by atoms with Crippen molar-refractivity contribution in [2.45, 2.75) is 11.8 Å². The molecule has 20 heavy (non-hydrogen) atoms. The van der Waals surface area contributed by atoms with Crippen molar-refractivity contribution < 1.29 is 4.39 Å². The number of fused-ring (bicyclic) bond motifs is 1. The predicted octanol–water partition coefficient (Wildman–Crippen LogP) is 6.49. The highest BCUT2D eigenvalue weighted by molar-refractivity contribution is 9.09. The van der Waals surface area contributed by atoms with E-state index < -0.39 is 0 Å². The van der Waals surface area contributed by atoms with Crippen LogP contribution in [0.4, 0.5) is 4.39 Å². The quantitative estimate of drug-likeness (QED) is 0.453. The van der Waals surface area contributed by atoms with Gasteiger partial charge in [0.2, 0.25) is 0 Å². The molecule has 4 heteroatoms. The molecule has 0 saturated heterocycles. The Kier molecular flexibility index (Phi) is 3.85. The van der Waals surface area contributed by atoms with Gasteiger partial charge in [-0.2, -0.15) is 0 Å². The zero-order chi connectivity index (χ0) is 14.3. The maximum absolute atomic E-state index is 13.5. The summed E-state index contributed by atoms with van der Waals surface area (Å²) >= 11 is 11.6. The largest absolute Gasteiger partial charge is 0.207 e. The normalized spacial score (nSPS) is 12.8. The third kappa shape index (κ3) is 2.39. The molecular formula is C16H11BrClFS. The first-order valence-corrected chi connectivity index (χ1v) is 8.31. The highest BCUT2D eigenvalue weighted by atomic mass is 79.9. The van der Waals surface area contributed by atoms with Gasteiger partial charge >= 0.3 is 0 Å². The van der Waals surface area contributed by atoms with Crippen molar-refractivity contribution in [3.05, 3.63) is 69.3 Å². The Labute approximate surface area is 134 Å². The summed E-state index contributed by atoms with van der Waals surface area (Å²) in [6.45, 7) is 1.75. The smallest absolute Gasteiger partial charge is 0.127 e. The van der Waals surface area contributed by atoms with Crippen LogP contribution in [0.25, 0.3) is 10.1 Å². The van der Waals surface area contributed by atoms with E-state index >= 15 is 0 Å². The molecule has 1 aromatic heterocycles. The lowest BCUT2D eigenvalue weighted by Crippen LogP contribution is -1.95. The van der Waals surface area contributed by atoms with Crippen molar-refractivity contribution in [3.8, 4) is 0 Å². The molecule has 3 rings (SSSR count). The van der Waals surface area contributed by atoms with Crippen molar-refractivity contribution in [2.24, 2.45) is 0 Å². The summed E-state index contributed by atoms with van der Waals surface area (Å²) in [5, 5.41) is 3.78. The van der Waals surface area contributed by atoms with E-state index in [1.165, 1.54) is 21.7 Å². The number of benzene rings is 2. The lowest BCUT2D eigenvalue weighted by Gasteiger charge is -2.13. The van der Waals surface area contributed by atoms with Crippen molar-refractivity contribution in [1.29, 1.82) is 0 Å². The number of aryl methyl sites for hydroxylation is 1. The Morgan fingerprint density at radius 1 is 1.20 bits per heavy atom. The molecule has 0 aliphatic heterocycles. The molecule has 102 valence electrons. The minimum absolute atomic E-state index is 0.0366. The summed E-state index contributed by atoms with van der Waals surface area (Å²) in [6, 6.07) is 11.4. The molecule has 1 atom stereocenters.